The number of carbonyl (C=O) groups excluding carboxylic acids is 3. The third-order valence-corrected chi connectivity index (χ3v) is 4.95. The minimum absolute atomic E-state index is 0.0988. The molecule has 0 aromatic heterocycles. The van der Waals surface area contributed by atoms with Crippen LogP contribution in [-0.4, -0.2) is 74.5 Å². The van der Waals surface area contributed by atoms with Crippen molar-refractivity contribution in [2.24, 2.45) is 0 Å². The quantitative estimate of drug-likeness (QED) is 0.549. The molecule has 152 valence electrons. The average Bonchev–Trinajstić information content (AvgIpc) is 2.69. The Morgan fingerprint density at radius 2 is 2.00 bits per heavy atom. The predicted molar refractivity (Wildman–Crippen MR) is 104 cm³/mol. The molecule has 0 radical (unpaired) electrons. The second-order valence-corrected chi connectivity index (χ2v) is 7.08. The van der Waals surface area contributed by atoms with E-state index < -0.39 is 6.10 Å². The molecule has 0 saturated carbocycles. The number of ether oxygens (including phenoxy) is 2. The molecule has 1 N–H and O–H groups in total. The number of fused-ring (bicyclic) bond motifs is 1. The monoisotopic (exact) mass is 389 g/mol. The lowest BCUT2D eigenvalue weighted by Crippen LogP contribution is -2.49. The summed E-state index contributed by atoms with van der Waals surface area (Å²) in [6.07, 6.45) is 0.161. The number of nitrogens with zero attached hydrogens (tertiary/aromatic N) is 2. The van der Waals surface area contributed by atoms with Crippen LogP contribution in [0.25, 0.3) is 0 Å². The smallest absolute Gasteiger partial charge is 0.268 e. The summed E-state index contributed by atoms with van der Waals surface area (Å²) in [5.74, 6) is -0.140. The third kappa shape index (κ3) is 4.88. The summed E-state index contributed by atoms with van der Waals surface area (Å²) in [4.78, 5) is 40.3. The number of benzene rings is 1. The van der Waals surface area contributed by atoms with Gasteiger partial charge in [0.15, 0.2) is 11.9 Å². The van der Waals surface area contributed by atoms with Crippen LogP contribution in [0, 0.1) is 0 Å². The summed E-state index contributed by atoms with van der Waals surface area (Å²) in [6, 6.07) is 4.93. The Hall–Kier alpha value is -2.45. The molecule has 0 spiro atoms. The highest BCUT2D eigenvalue weighted by Crippen LogP contribution is 2.34. The van der Waals surface area contributed by atoms with Gasteiger partial charge < -0.3 is 14.8 Å². The van der Waals surface area contributed by atoms with Gasteiger partial charge in [-0.05, 0) is 45.0 Å². The summed E-state index contributed by atoms with van der Waals surface area (Å²) in [5, 5.41) is 2.87. The largest absolute Gasteiger partial charge is 0.479 e. The summed E-state index contributed by atoms with van der Waals surface area (Å²) in [6.45, 7) is 7.81. The lowest BCUT2D eigenvalue weighted by atomic mass is 10.1. The van der Waals surface area contributed by atoms with Crippen molar-refractivity contribution in [3.8, 4) is 5.75 Å². The molecule has 0 bridgehead atoms. The fourth-order valence-electron chi connectivity index (χ4n) is 3.34. The molecule has 8 nitrogen and oxygen atoms in total. The molecule has 2 aliphatic rings. The molecule has 0 aliphatic carbocycles. The van der Waals surface area contributed by atoms with Gasteiger partial charge in [0.25, 0.3) is 5.91 Å². The number of Topliss-reactive ketones (excluding diaryl/α,β-unsaturated/α-hetero) is 1. The van der Waals surface area contributed by atoms with Crippen molar-refractivity contribution in [2.45, 2.75) is 26.4 Å². The van der Waals surface area contributed by atoms with E-state index in [0.717, 1.165) is 39.3 Å². The normalized spacial score (nSPS) is 19.7. The summed E-state index contributed by atoms with van der Waals surface area (Å²) in [7, 11) is 0. The van der Waals surface area contributed by atoms with E-state index in [1.165, 1.54) is 11.8 Å². The Bertz CT molecular complexity index is 745. The highest BCUT2D eigenvalue weighted by molar-refractivity contribution is 6.05. The summed E-state index contributed by atoms with van der Waals surface area (Å²) < 4.78 is 10.9. The van der Waals surface area contributed by atoms with Crippen molar-refractivity contribution >= 4 is 23.3 Å². The zero-order valence-corrected chi connectivity index (χ0v) is 16.4. The number of nitrogens with one attached hydrogen (secondary N) is 1. The molecule has 1 unspecified atom stereocenters. The van der Waals surface area contributed by atoms with Gasteiger partial charge in [0.05, 0.1) is 18.9 Å². The minimum atomic E-state index is -0.676. The fourth-order valence-corrected chi connectivity index (χ4v) is 3.34. The van der Waals surface area contributed by atoms with Crippen molar-refractivity contribution in [2.75, 3.05) is 50.8 Å². The molecule has 1 saturated heterocycles. The summed E-state index contributed by atoms with van der Waals surface area (Å²) in [5.41, 5.74) is 0.930. The number of rotatable bonds is 7. The Morgan fingerprint density at radius 1 is 1.25 bits per heavy atom. The fraction of sp³-hybridized carbons (Fsp3) is 0.550. The predicted octanol–water partition coefficient (Wildman–Crippen LogP) is 0.842. The Morgan fingerprint density at radius 3 is 2.71 bits per heavy atom. The van der Waals surface area contributed by atoms with E-state index >= 15 is 0 Å². The van der Waals surface area contributed by atoms with Gasteiger partial charge >= 0.3 is 0 Å². The third-order valence-electron chi connectivity index (χ3n) is 4.95. The number of ketones is 1. The molecule has 28 heavy (non-hydrogen) atoms. The molecule has 1 aromatic carbocycles. The maximum absolute atomic E-state index is 12.6. The number of hydrogen-bond donors (Lipinski definition) is 1. The van der Waals surface area contributed by atoms with Crippen LogP contribution >= 0.6 is 0 Å². The van der Waals surface area contributed by atoms with Crippen LogP contribution in [0.2, 0.25) is 0 Å². The van der Waals surface area contributed by atoms with Crippen LogP contribution < -0.4 is 15.0 Å². The first-order valence-corrected chi connectivity index (χ1v) is 9.65. The van der Waals surface area contributed by atoms with E-state index in [9.17, 15) is 14.4 Å². The first-order chi connectivity index (χ1) is 13.5. The number of amides is 2. The first kappa shape index (κ1) is 20.3. The molecule has 2 heterocycles. The Labute approximate surface area is 164 Å². The molecule has 1 fully saturated rings. The van der Waals surface area contributed by atoms with E-state index in [2.05, 4.69) is 10.2 Å². The topological polar surface area (TPSA) is 88.2 Å². The first-order valence-electron chi connectivity index (χ1n) is 9.65. The van der Waals surface area contributed by atoms with Gasteiger partial charge in [0, 0.05) is 25.2 Å². The van der Waals surface area contributed by atoms with Gasteiger partial charge in [-0.15, -0.1) is 0 Å². The number of carbonyl (C=O) groups is 3. The van der Waals surface area contributed by atoms with Crippen LogP contribution in [0.5, 0.6) is 5.75 Å². The number of hydrogen-bond acceptors (Lipinski definition) is 6. The average molecular weight is 389 g/mol. The van der Waals surface area contributed by atoms with Crippen LogP contribution in [-0.2, 0) is 14.3 Å². The molecule has 8 heteroatoms. The molecule has 1 aromatic rings. The minimum Gasteiger partial charge on any atom is -0.479 e. The highest BCUT2D eigenvalue weighted by atomic mass is 16.5. The van der Waals surface area contributed by atoms with Crippen LogP contribution in [0.4, 0.5) is 5.69 Å². The second kappa shape index (κ2) is 9.16. The second-order valence-electron chi connectivity index (χ2n) is 7.08. The van der Waals surface area contributed by atoms with Crippen molar-refractivity contribution in [3.05, 3.63) is 23.8 Å². The Kier molecular flexibility index (Phi) is 6.64. The van der Waals surface area contributed by atoms with Crippen LogP contribution in [0.3, 0.4) is 0 Å². The van der Waals surface area contributed by atoms with E-state index in [-0.39, 0.29) is 24.1 Å². The van der Waals surface area contributed by atoms with Crippen LogP contribution in [0.1, 0.15) is 30.6 Å². The maximum atomic E-state index is 12.6. The van der Waals surface area contributed by atoms with E-state index in [1.807, 2.05) is 0 Å². The lowest BCUT2D eigenvalue weighted by molar-refractivity contribution is -0.128. The maximum Gasteiger partial charge on any atom is 0.268 e. The van der Waals surface area contributed by atoms with Crippen LogP contribution in [0.15, 0.2) is 18.2 Å². The molecule has 3 rings (SSSR count). The molecule has 1 atom stereocenters. The Balaban J connectivity index is 1.57. The van der Waals surface area contributed by atoms with Crippen molar-refractivity contribution in [1.82, 2.24) is 10.2 Å². The van der Waals surface area contributed by atoms with Gasteiger partial charge in [0.1, 0.15) is 12.3 Å². The molecular formula is C20H27N3O5. The van der Waals surface area contributed by atoms with E-state index in [4.69, 9.17) is 9.47 Å². The zero-order valence-electron chi connectivity index (χ0n) is 16.4. The lowest BCUT2D eigenvalue weighted by Gasteiger charge is -2.32. The van der Waals surface area contributed by atoms with Gasteiger partial charge in [-0.3, -0.25) is 24.2 Å². The molecular weight excluding hydrogens is 362 g/mol. The van der Waals surface area contributed by atoms with Gasteiger partial charge in [-0.25, -0.2) is 0 Å². The van der Waals surface area contributed by atoms with Crippen molar-refractivity contribution < 1.29 is 23.9 Å². The SMILES string of the molecule is CC(=O)c1ccc2c(c1)N(CC(=O)NCCCN1CCOCC1)C(=O)C(C)O2. The van der Waals surface area contributed by atoms with Crippen molar-refractivity contribution in [1.29, 1.82) is 0 Å². The zero-order chi connectivity index (χ0) is 20.1. The van der Waals surface area contributed by atoms with E-state index in [0.29, 0.717) is 23.5 Å². The standard InChI is InChI=1S/C20H27N3O5/c1-14(24)16-4-5-18-17(12-16)23(20(26)15(2)28-18)13-19(25)21-6-3-7-22-8-10-27-11-9-22/h4-5,12,15H,3,6-11,13H2,1-2H3,(H,21,25). The molecule has 2 amide bonds. The summed E-state index contributed by atoms with van der Waals surface area (Å²) >= 11 is 0. The van der Waals surface area contributed by atoms with Gasteiger partial charge in [-0.1, -0.05) is 0 Å². The number of anilines is 1. The molecule has 2 aliphatic heterocycles. The van der Waals surface area contributed by atoms with Crippen molar-refractivity contribution in [3.63, 3.8) is 0 Å². The van der Waals surface area contributed by atoms with Gasteiger partial charge in [0.2, 0.25) is 5.91 Å². The van der Waals surface area contributed by atoms with Gasteiger partial charge in [-0.2, -0.15) is 0 Å². The highest BCUT2D eigenvalue weighted by Gasteiger charge is 2.33. The number of morpholine rings is 1. The van der Waals surface area contributed by atoms with E-state index in [1.54, 1.807) is 25.1 Å².